The topological polar surface area (TPSA) is 38.9 Å². The normalized spacial score (nSPS) is 25.0. The number of nitrogens with zero attached hydrogens (tertiary/aromatic N) is 2. The summed E-state index contributed by atoms with van der Waals surface area (Å²) in [5, 5.41) is 3.95. The molecule has 1 saturated carbocycles. The number of halogens is 1. The van der Waals surface area contributed by atoms with E-state index in [-0.39, 0.29) is 10.8 Å². The fourth-order valence-corrected chi connectivity index (χ4v) is 3.16. The van der Waals surface area contributed by atoms with Crippen LogP contribution in [0.25, 0.3) is 0 Å². The molecule has 2 atom stereocenters. The van der Waals surface area contributed by atoms with Gasteiger partial charge in [0.2, 0.25) is 5.89 Å². The van der Waals surface area contributed by atoms with Crippen LogP contribution in [-0.4, -0.2) is 10.1 Å². The Hall–Kier alpha value is -0.570. The van der Waals surface area contributed by atoms with Gasteiger partial charge in [-0.3, -0.25) is 0 Å². The quantitative estimate of drug-likeness (QED) is 0.735. The Balaban J connectivity index is 2.13. The highest BCUT2D eigenvalue weighted by Crippen LogP contribution is 2.46. The lowest BCUT2D eigenvalue weighted by Gasteiger charge is -2.36. The number of alkyl halides is 1. The lowest BCUT2D eigenvalue weighted by Crippen LogP contribution is -2.26. The minimum Gasteiger partial charge on any atom is -0.339 e. The first-order valence-electron chi connectivity index (χ1n) is 7.02. The molecule has 18 heavy (non-hydrogen) atoms. The van der Waals surface area contributed by atoms with Crippen LogP contribution in [0.1, 0.15) is 82.3 Å². The van der Waals surface area contributed by atoms with Crippen molar-refractivity contribution in [3.05, 3.63) is 11.7 Å². The molecule has 0 aromatic carbocycles. The largest absolute Gasteiger partial charge is 0.339 e. The van der Waals surface area contributed by atoms with Crippen LogP contribution in [-0.2, 0) is 0 Å². The first-order chi connectivity index (χ1) is 8.54. The summed E-state index contributed by atoms with van der Waals surface area (Å²) in [5.74, 6) is 1.84. The first kappa shape index (κ1) is 13.9. The van der Waals surface area contributed by atoms with Crippen molar-refractivity contribution in [3.8, 4) is 0 Å². The molecular formula is C14H23ClN2O. The summed E-state index contributed by atoms with van der Waals surface area (Å²) < 4.78 is 5.46. The predicted molar refractivity (Wildman–Crippen MR) is 72.8 cm³/mol. The standard InChI is InChI=1S/C14H23ClN2O/c1-4-7-11(15)12-16-13(18-17-12)10-8-5-6-9-14(10,2)3/h10-11H,4-9H2,1-3H3. The fourth-order valence-electron chi connectivity index (χ4n) is 2.85. The maximum absolute atomic E-state index is 6.24. The number of rotatable bonds is 4. The molecule has 0 aliphatic heterocycles. The van der Waals surface area contributed by atoms with Crippen LogP contribution in [0.2, 0.25) is 0 Å². The molecule has 1 aromatic rings. The zero-order valence-corrected chi connectivity index (χ0v) is 12.3. The molecular weight excluding hydrogens is 248 g/mol. The molecule has 0 saturated heterocycles. The van der Waals surface area contributed by atoms with Gasteiger partial charge in [0, 0.05) is 5.92 Å². The third-order valence-corrected chi connectivity index (χ3v) is 4.50. The summed E-state index contributed by atoms with van der Waals surface area (Å²) in [6, 6.07) is 0. The molecule has 4 heteroatoms. The van der Waals surface area contributed by atoms with E-state index >= 15 is 0 Å². The van der Waals surface area contributed by atoms with E-state index in [1.54, 1.807) is 0 Å². The zero-order valence-electron chi connectivity index (χ0n) is 11.6. The Bertz CT molecular complexity index is 389. The number of hydrogen-bond donors (Lipinski definition) is 0. The molecule has 0 N–H and O–H groups in total. The van der Waals surface area contributed by atoms with Gasteiger partial charge in [0.05, 0.1) is 5.38 Å². The summed E-state index contributed by atoms with van der Waals surface area (Å²) in [6.45, 7) is 6.70. The maximum atomic E-state index is 6.24. The summed E-state index contributed by atoms with van der Waals surface area (Å²) >= 11 is 6.24. The molecule has 0 radical (unpaired) electrons. The Morgan fingerprint density at radius 1 is 1.44 bits per heavy atom. The molecule has 1 heterocycles. The van der Waals surface area contributed by atoms with Gasteiger partial charge in [0.15, 0.2) is 5.82 Å². The summed E-state index contributed by atoms with van der Waals surface area (Å²) in [6.07, 6.45) is 6.87. The molecule has 1 aromatic heterocycles. The average Bonchev–Trinajstić information content (AvgIpc) is 2.78. The van der Waals surface area contributed by atoms with E-state index in [4.69, 9.17) is 16.1 Å². The van der Waals surface area contributed by atoms with Crippen LogP contribution in [0.4, 0.5) is 0 Å². The van der Waals surface area contributed by atoms with Gasteiger partial charge in [0.1, 0.15) is 0 Å². The second-order valence-corrected chi connectivity index (χ2v) is 6.56. The minimum absolute atomic E-state index is 0.112. The van der Waals surface area contributed by atoms with Gasteiger partial charge in [-0.15, -0.1) is 11.6 Å². The van der Waals surface area contributed by atoms with Gasteiger partial charge < -0.3 is 4.52 Å². The van der Waals surface area contributed by atoms with Crippen molar-refractivity contribution in [1.82, 2.24) is 10.1 Å². The maximum Gasteiger partial charge on any atom is 0.230 e. The van der Waals surface area contributed by atoms with E-state index in [1.807, 2.05) is 0 Å². The van der Waals surface area contributed by atoms with E-state index in [2.05, 4.69) is 30.9 Å². The summed E-state index contributed by atoms with van der Waals surface area (Å²) in [4.78, 5) is 4.54. The Morgan fingerprint density at radius 2 is 2.22 bits per heavy atom. The monoisotopic (exact) mass is 270 g/mol. The molecule has 0 spiro atoms. The van der Waals surface area contributed by atoms with E-state index < -0.39 is 0 Å². The van der Waals surface area contributed by atoms with Gasteiger partial charge in [-0.25, -0.2) is 0 Å². The lowest BCUT2D eigenvalue weighted by atomic mass is 9.69. The summed E-state index contributed by atoms with van der Waals surface area (Å²) in [7, 11) is 0. The Kier molecular flexibility index (Phi) is 4.31. The molecule has 1 aliphatic carbocycles. The van der Waals surface area contributed by atoms with Crippen molar-refractivity contribution >= 4 is 11.6 Å². The van der Waals surface area contributed by atoms with E-state index in [0.29, 0.717) is 11.7 Å². The number of hydrogen-bond acceptors (Lipinski definition) is 3. The van der Waals surface area contributed by atoms with Crippen molar-refractivity contribution in [2.24, 2.45) is 5.41 Å². The third-order valence-electron chi connectivity index (χ3n) is 4.09. The van der Waals surface area contributed by atoms with E-state index in [0.717, 1.165) is 25.2 Å². The second kappa shape index (κ2) is 5.60. The molecule has 102 valence electrons. The van der Waals surface area contributed by atoms with Crippen molar-refractivity contribution in [1.29, 1.82) is 0 Å². The third kappa shape index (κ3) is 2.87. The zero-order chi connectivity index (χ0) is 13.2. The highest BCUT2D eigenvalue weighted by atomic mass is 35.5. The van der Waals surface area contributed by atoms with Gasteiger partial charge in [0.25, 0.3) is 0 Å². The smallest absolute Gasteiger partial charge is 0.230 e. The lowest BCUT2D eigenvalue weighted by molar-refractivity contribution is 0.164. The van der Waals surface area contributed by atoms with Crippen molar-refractivity contribution < 1.29 is 4.52 Å². The first-order valence-corrected chi connectivity index (χ1v) is 7.46. The molecule has 2 rings (SSSR count). The molecule has 0 amide bonds. The van der Waals surface area contributed by atoms with Gasteiger partial charge >= 0.3 is 0 Å². The highest BCUT2D eigenvalue weighted by molar-refractivity contribution is 6.20. The second-order valence-electron chi connectivity index (χ2n) is 6.03. The SMILES string of the molecule is CCCC(Cl)c1noc(C2CCCCC2(C)C)n1. The molecule has 2 unspecified atom stereocenters. The van der Waals surface area contributed by atoms with Crippen LogP contribution >= 0.6 is 11.6 Å². The molecule has 1 fully saturated rings. The predicted octanol–water partition coefficient (Wildman–Crippen LogP) is 4.83. The van der Waals surface area contributed by atoms with Crippen LogP contribution in [0.5, 0.6) is 0 Å². The van der Waals surface area contributed by atoms with Crippen molar-refractivity contribution in [2.75, 3.05) is 0 Å². The molecule has 1 aliphatic rings. The van der Waals surface area contributed by atoms with Crippen LogP contribution < -0.4 is 0 Å². The van der Waals surface area contributed by atoms with Crippen molar-refractivity contribution in [3.63, 3.8) is 0 Å². The van der Waals surface area contributed by atoms with Gasteiger partial charge in [-0.05, 0) is 24.7 Å². The fraction of sp³-hybridized carbons (Fsp3) is 0.857. The van der Waals surface area contributed by atoms with Crippen LogP contribution in [0.15, 0.2) is 4.52 Å². The highest BCUT2D eigenvalue weighted by Gasteiger charge is 2.37. The van der Waals surface area contributed by atoms with Gasteiger partial charge in [-0.1, -0.05) is 45.2 Å². The van der Waals surface area contributed by atoms with E-state index in [1.165, 1.54) is 19.3 Å². The Labute approximate surface area is 114 Å². The molecule has 0 bridgehead atoms. The van der Waals surface area contributed by atoms with E-state index in [9.17, 15) is 0 Å². The van der Waals surface area contributed by atoms with Crippen LogP contribution in [0, 0.1) is 5.41 Å². The van der Waals surface area contributed by atoms with Crippen LogP contribution in [0.3, 0.4) is 0 Å². The average molecular weight is 271 g/mol. The Morgan fingerprint density at radius 3 is 2.89 bits per heavy atom. The molecule has 3 nitrogen and oxygen atoms in total. The van der Waals surface area contributed by atoms with Crippen molar-refractivity contribution in [2.45, 2.75) is 70.6 Å². The van der Waals surface area contributed by atoms with Gasteiger partial charge in [-0.2, -0.15) is 4.98 Å². The minimum atomic E-state index is -0.112. The summed E-state index contributed by atoms with van der Waals surface area (Å²) in [5.41, 5.74) is 0.259. The number of aromatic nitrogens is 2.